The smallest absolute Gasteiger partial charge is 0.320 e. The summed E-state index contributed by atoms with van der Waals surface area (Å²) in [5, 5.41) is 28.2. The molecule has 0 amide bonds. The first kappa shape index (κ1) is 48.7. The number of hydrogen-bond acceptors (Lipinski definition) is 13. The Hall–Kier alpha value is -3.92. The highest BCUT2D eigenvalue weighted by Gasteiger charge is 2.32. The van der Waals surface area contributed by atoms with Gasteiger partial charge in [0, 0.05) is 77.8 Å². The lowest BCUT2D eigenvalue weighted by Crippen LogP contribution is -2.39. The van der Waals surface area contributed by atoms with Gasteiger partial charge in [-0.05, 0) is 97.4 Å². The first-order valence-corrected chi connectivity index (χ1v) is 23.4. The van der Waals surface area contributed by atoms with Crippen LogP contribution in [0.2, 0.25) is 0 Å². The molecule has 0 saturated heterocycles. The molecule has 334 valence electrons. The first-order chi connectivity index (χ1) is 28.5. The summed E-state index contributed by atoms with van der Waals surface area (Å²) < 4.78 is 66.9. The van der Waals surface area contributed by atoms with Gasteiger partial charge in [-0.2, -0.15) is 0 Å². The molecule has 0 bridgehead atoms. The van der Waals surface area contributed by atoms with Crippen LogP contribution in [0, 0.1) is 0 Å². The van der Waals surface area contributed by atoms with Gasteiger partial charge < -0.3 is 47.7 Å². The summed E-state index contributed by atoms with van der Waals surface area (Å²) in [6.45, 7) is 2.59. The van der Waals surface area contributed by atoms with E-state index in [1.807, 2.05) is 19.0 Å². The third-order valence-corrected chi connectivity index (χ3v) is 14.6. The molecular weight excluding hydrogens is 813 g/mol. The summed E-state index contributed by atoms with van der Waals surface area (Å²) in [5.41, 5.74) is 18.1. The number of ether oxygens (including phenoxy) is 1. The highest BCUT2D eigenvalue weighted by Crippen LogP contribution is 2.45. The van der Waals surface area contributed by atoms with E-state index in [4.69, 9.17) is 21.9 Å². The molecule has 0 radical (unpaired) electrons. The van der Waals surface area contributed by atoms with Crippen LogP contribution in [0.15, 0.2) is 46.2 Å². The van der Waals surface area contributed by atoms with Crippen molar-refractivity contribution in [2.24, 2.45) is 11.5 Å². The van der Waals surface area contributed by atoms with E-state index in [0.29, 0.717) is 102 Å². The molecule has 2 unspecified atom stereocenters. The molecule has 17 nitrogen and oxygen atoms in total. The van der Waals surface area contributed by atoms with Crippen molar-refractivity contribution in [3.8, 4) is 5.75 Å². The number of nitrogen functional groups attached to an aromatic ring is 1. The van der Waals surface area contributed by atoms with Gasteiger partial charge in [0.1, 0.15) is 17.8 Å². The Labute approximate surface area is 354 Å². The van der Waals surface area contributed by atoms with Gasteiger partial charge in [0.2, 0.25) is 20.0 Å². The lowest BCUT2D eigenvalue weighted by atomic mass is 9.93. The average Bonchev–Trinajstić information content (AvgIpc) is 3.20. The molecule has 4 rings (SSSR count). The average molecular weight is 877 g/mol. The third-order valence-electron chi connectivity index (χ3n) is 10.8. The van der Waals surface area contributed by atoms with Crippen LogP contribution in [-0.4, -0.2) is 145 Å². The van der Waals surface area contributed by atoms with Crippen molar-refractivity contribution in [2.75, 3.05) is 86.3 Å². The van der Waals surface area contributed by atoms with Crippen molar-refractivity contribution in [3.05, 3.63) is 36.4 Å². The molecule has 10 N–H and O–H groups in total. The molecule has 4 aromatic carbocycles. The maximum Gasteiger partial charge on any atom is 0.320 e. The number of benzene rings is 4. The van der Waals surface area contributed by atoms with Gasteiger partial charge >= 0.3 is 11.9 Å². The second-order valence-electron chi connectivity index (χ2n) is 15.5. The van der Waals surface area contributed by atoms with E-state index in [-0.39, 0.29) is 48.8 Å². The fraction of sp³-hybridized carbons (Fsp3) is 0.561. The van der Waals surface area contributed by atoms with Crippen molar-refractivity contribution in [1.82, 2.24) is 24.1 Å². The number of carboxylic acids is 2. The molecular formula is C41H64N8O9S2. The van der Waals surface area contributed by atoms with Crippen LogP contribution in [0.3, 0.4) is 0 Å². The number of unbranched alkanes of at least 4 members (excludes halogenated alkanes) is 2. The zero-order valence-corrected chi connectivity index (χ0v) is 36.9. The van der Waals surface area contributed by atoms with E-state index >= 15 is 0 Å². The van der Waals surface area contributed by atoms with Gasteiger partial charge in [-0.25, -0.2) is 25.4 Å². The van der Waals surface area contributed by atoms with Gasteiger partial charge in [-0.3, -0.25) is 9.59 Å². The monoisotopic (exact) mass is 876 g/mol. The Bertz CT molecular complexity index is 2180. The van der Waals surface area contributed by atoms with Crippen molar-refractivity contribution in [2.45, 2.75) is 79.7 Å². The summed E-state index contributed by atoms with van der Waals surface area (Å²) in [5.74, 6) is -1.50. The van der Waals surface area contributed by atoms with Crippen LogP contribution in [0.4, 0.5) is 5.69 Å². The number of sulfonamides is 2. The minimum atomic E-state index is -4.35. The van der Waals surface area contributed by atoms with Crippen LogP contribution in [0.1, 0.15) is 57.8 Å². The van der Waals surface area contributed by atoms with Crippen LogP contribution in [0.5, 0.6) is 5.75 Å². The van der Waals surface area contributed by atoms with Gasteiger partial charge in [0.15, 0.2) is 0 Å². The molecule has 0 heterocycles. The Morgan fingerprint density at radius 3 is 1.55 bits per heavy atom. The number of hydrogen-bond donors (Lipinski definition) is 7. The summed E-state index contributed by atoms with van der Waals surface area (Å²) in [6, 6.07) is 8.19. The molecule has 0 aliphatic heterocycles. The molecule has 2 atom stereocenters. The Kier molecular flexibility index (Phi) is 18.1. The normalized spacial score (nSPS) is 13.7. The highest BCUT2D eigenvalue weighted by molar-refractivity contribution is 7.90. The molecule has 0 aromatic heterocycles. The fourth-order valence-corrected chi connectivity index (χ4v) is 10.3. The number of anilines is 1. The van der Waals surface area contributed by atoms with Gasteiger partial charge in [0.05, 0.1) is 16.4 Å². The van der Waals surface area contributed by atoms with Gasteiger partial charge in [0.25, 0.3) is 0 Å². The van der Waals surface area contributed by atoms with Crippen molar-refractivity contribution in [3.63, 3.8) is 0 Å². The zero-order valence-electron chi connectivity index (χ0n) is 35.3. The molecule has 0 aliphatic carbocycles. The Morgan fingerprint density at radius 2 is 1.10 bits per heavy atom. The van der Waals surface area contributed by atoms with Crippen LogP contribution >= 0.6 is 0 Å². The molecule has 4 aromatic rings. The minimum Gasteiger partial charge on any atom is -0.493 e. The van der Waals surface area contributed by atoms with E-state index in [1.165, 1.54) is 20.2 Å². The topological polar surface area (TPSA) is 264 Å². The second-order valence-corrected chi connectivity index (χ2v) is 19.6. The van der Waals surface area contributed by atoms with Gasteiger partial charge in [-0.1, -0.05) is 31.0 Å². The fourth-order valence-electron chi connectivity index (χ4n) is 7.38. The number of carbonyl (C=O) groups is 2. The molecule has 0 fully saturated rings. The highest BCUT2D eigenvalue weighted by atomic mass is 32.2. The van der Waals surface area contributed by atoms with Crippen LogP contribution < -0.4 is 32.6 Å². The Balaban J connectivity index is 1.75. The molecule has 0 saturated carbocycles. The van der Waals surface area contributed by atoms with E-state index < -0.39 is 44.1 Å². The second kappa shape index (κ2) is 22.3. The number of rotatable bonds is 29. The van der Waals surface area contributed by atoms with Crippen molar-refractivity contribution < 1.29 is 41.4 Å². The van der Waals surface area contributed by atoms with E-state index in [0.717, 1.165) is 21.6 Å². The predicted octanol–water partition coefficient (Wildman–Crippen LogP) is 2.86. The number of nitrogens with two attached hydrogens (primary N) is 3. The van der Waals surface area contributed by atoms with Gasteiger partial charge in [-0.15, -0.1) is 0 Å². The molecule has 19 heteroatoms. The number of carboxylic acid groups (broad SMARTS) is 2. The largest absolute Gasteiger partial charge is 0.493 e. The number of nitrogens with one attached hydrogen (secondary N) is 2. The standard InChI is InChI=1S/C41H64N8O9S2/c1-47(2)22-11-25-58-35-26-32(44)28-14-16-30-36(59(54,55)48(3)23-9-20-45-33(40(50)51)12-5-7-18-42)27-37(31-17-15-29(35)38(28)39(30)31)60(56,57)49(4)24-10-21-46-34(41(52)53)13-6-8-19-43/h14-17,26-27,33-34,45-46H,5-13,18-25,42-44H2,1-4H3,(H,50,51)(H,52,53). The summed E-state index contributed by atoms with van der Waals surface area (Å²) in [6.07, 6.45) is 4.73. The lowest BCUT2D eigenvalue weighted by molar-refractivity contribution is -0.140. The summed E-state index contributed by atoms with van der Waals surface area (Å²) in [7, 11) is -1.94. The number of nitrogens with zero attached hydrogens (tertiary/aromatic N) is 3. The van der Waals surface area contributed by atoms with Crippen molar-refractivity contribution >= 4 is 70.0 Å². The predicted molar refractivity (Wildman–Crippen MR) is 237 cm³/mol. The molecule has 0 aliphatic rings. The lowest BCUT2D eigenvalue weighted by Gasteiger charge is -2.24. The van der Waals surface area contributed by atoms with E-state index in [2.05, 4.69) is 10.6 Å². The maximum atomic E-state index is 14.6. The SMILES string of the molecule is CN(C)CCCOc1cc(N)c2ccc3c(S(=O)(=O)N(C)CCCNC(CCCCN)C(=O)O)cc(S(=O)(=O)N(C)CCCNC(CCCCN)C(=O)O)c4ccc1c2c34. The van der Waals surface area contributed by atoms with Crippen LogP contribution in [-0.2, 0) is 29.6 Å². The third kappa shape index (κ3) is 11.9. The van der Waals surface area contributed by atoms with Crippen LogP contribution in [0.25, 0.3) is 32.3 Å². The number of aliphatic carboxylic acids is 2. The zero-order chi connectivity index (χ0) is 44.2. The maximum absolute atomic E-state index is 14.6. The minimum absolute atomic E-state index is 0.0167. The van der Waals surface area contributed by atoms with E-state index in [9.17, 15) is 36.6 Å². The van der Waals surface area contributed by atoms with E-state index in [1.54, 1.807) is 30.3 Å². The molecule has 60 heavy (non-hydrogen) atoms. The summed E-state index contributed by atoms with van der Waals surface area (Å²) >= 11 is 0. The quantitative estimate of drug-likeness (QED) is 0.0235. The first-order valence-electron chi connectivity index (χ1n) is 20.5. The Morgan fingerprint density at radius 1 is 0.650 bits per heavy atom. The van der Waals surface area contributed by atoms with Crippen molar-refractivity contribution in [1.29, 1.82) is 0 Å². The molecule has 0 spiro atoms. The summed E-state index contributed by atoms with van der Waals surface area (Å²) in [4.78, 5) is 25.2.